The van der Waals surface area contributed by atoms with Gasteiger partial charge in [0.1, 0.15) is 0 Å². The molecule has 1 rings (SSSR count). The fourth-order valence-corrected chi connectivity index (χ4v) is 6.45. The zero-order valence-electron chi connectivity index (χ0n) is 24.6. The van der Waals surface area contributed by atoms with Gasteiger partial charge in [-0.15, -0.1) is 0 Å². The van der Waals surface area contributed by atoms with Gasteiger partial charge in [0.25, 0.3) is 0 Å². The second-order valence-electron chi connectivity index (χ2n) is 12.6. The number of carbonyl (C=O) groups excluding carboxylic acids is 1. The van der Waals surface area contributed by atoms with Crippen LogP contribution in [-0.2, 0) is 14.3 Å². The SMILES string of the molecule is CCCCCCCCCCCCCCC(CC(C)C)(C(=O)OCC(C)C)C(C(=O)O)C1CCCCC1. The molecule has 0 radical (unpaired) electrons. The third-order valence-corrected chi connectivity index (χ3v) is 8.19. The molecule has 36 heavy (non-hydrogen) atoms. The normalized spacial score (nSPS) is 17.3. The van der Waals surface area contributed by atoms with E-state index >= 15 is 0 Å². The first kappa shape index (κ1) is 33.0. The van der Waals surface area contributed by atoms with Crippen LogP contribution in [0.25, 0.3) is 0 Å². The Morgan fingerprint density at radius 1 is 0.778 bits per heavy atom. The van der Waals surface area contributed by atoms with Crippen LogP contribution in [-0.4, -0.2) is 23.7 Å². The first-order valence-electron chi connectivity index (χ1n) is 15.6. The topological polar surface area (TPSA) is 63.6 Å². The zero-order chi connectivity index (χ0) is 26.8. The summed E-state index contributed by atoms with van der Waals surface area (Å²) in [5.74, 6) is -1.09. The second-order valence-corrected chi connectivity index (χ2v) is 12.6. The maximum atomic E-state index is 13.7. The van der Waals surface area contributed by atoms with E-state index in [2.05, 4.69) is 20.8 Å². The number of carboxylic acids is 1. The third kappa shape index (κ3) is 12.5. The van der Waals surface area contributed by atoms with Gasteiger partial charge in [-0.05, 0) is 43.4 Å². The predicted octanol–water partition coefficient (Wildman–Crippen LogP) is 9.59. The van der Waals surface area contributed by atoms with Crippen molar-refractivity contribution in [2.75, 3.05) is 6.61 Å². The number of ether oxygens (including phenoxy) is 1. The van der Waals surface area contributed by atoms with E-state index in [1.807, 2.05) is 13.8 Å². The molecule has 0 bridgehead atoms. The Morgan fingerprint density at radius 3 is 1.72 bits per heavy atom. The van der Waals surface area contributed by atoms with Crippen LogP contribution in [0.15, 0.2) is 0 Å². The minimum absolute atomic E-state index is 0.0823. The van der Waals surface area contributed by atoms with E-state index < -0.39 is 17.3 Å². The average Bonchev–Trinajstić information content (AvgIpc) is 2.83. The fourth-order valence-electron chi connectivity index (χ4n) is 6.45. The Hall–Kier alpha value is -1.06. The quantitative estimate of drug-likeness (QED) is 0.124. The number of esters is 1. The predicted molar refractivity (Wildman–Crippen MR) is 151 cm³/mol. The minimum Gasteiger partial charge on any atom is -0.481 e. The Morgan fingerprint density at radius 2 is 1.28 bits per heavy atom. The lowest BCUT2D eigenvalue weighted by Gasteiger charge is -2.42. The molecular formula is C32H60O4. The van der Waals surface area contributed by atoms with Crippen LogP contribution in [0.5, 0.6) is 0 Å². The molecule has 0 saturated heterocycles. The Bertz CT molecular complexity index is 579. The average molecular weight is 509 g/mol. The van der Waals surface area contributed by atoms with Crippen molar-refractivity contribution in [1.29, 1.82) is 0 Å². The van der Waals surface area contributed by atoms with E-state index in [0.717, 1.165) is 38.5 Å². The van der Waals surface area contributed by atoms with E-state index in [-0.39, 0.29) is 23.7 Å². The van der Waals surface area contributed by atoms with Crippen molar-refractivity contribution in [2.24, 2.45) is 29.1 Å². The van der Waals surface area contributed by atoms with Gasteiger partial charge < -0.3 is 9.84 Å². The van der Waals surface area contributed by atoms with Gasteiger partial charge in [-0.25, -0.2) is 0 Å². The number of unbranched alkanes of at least 4 members (excludes halogenated alkanes) is 11. The Balaban J connectivity index is 2.78. The van der Waals surface area contributed by atoms with Gasteiger partial charge in [0.15, 0.2) is 0 Å². The molecule has 212 valence electrons. The summed E-state index contributed by atoms with van der Waals surface area (Å²) in [6.45, 7) is 10.9. The molecule has 0 spiro atoms. The van der Waals surface area contributed by atoms with Gasteiger partial charge in [-0.3, -0.25) is 9.59 Å². The lowest BCUT2D eigenvalue weighted by molar-refractivity contribution is -0.174. The maximum Gasteiger partial charge on any atom is 0.312 e. The van der Waals surface area contributed by atoms with Gasteiger partial charge in [0.05, 0.1) is 17.9 Å². The largest absolute Gasteiger partial charge is 0.481 e. The van der Waals surface area contributed by atoms with Crippen molar-refractivity contribution in [3.05, 3.63) is 0 Å². The first-order valence-corrected chi connectivity index (χ1v) is 15.6. The maximum absolute atomic E-state index is 13.7. The molecule has 0 aromatic rings. The summed E-state index contributed by atoms with van der Waals surface area (Å²) in [7, 11) is 0. The molecule has 1 fully saturated rings. The van der Waals surface area contributed by atoms with Crippen LogP contribution in [0.3, 0.4) is 0 Å². The van der Waals surface area contributed by atoms with Crippen LogP contribution in [0.2, 0.25) is 0 Å². The van der Waals surface area contributed by atoms with E-state index in [0.29, 0.717) is 19.4 Å². The van der Waals surface area contributed by atoms with Crippen molar-refractivity contribution >= 4 is 11.9 Å². The number of hydrogen-bond acceptors (Lipinski definition) is 3. The van der Waals surface area contributed by atoms with Crippen LogP contribution in [0.1, 0.15) is 157 Å². The van der Waals surface area contributed by atoms with E-state index in [9.17, 15) is 14.7 Å². The molecule has 1 aliphatic rings. The summed E-state index contributed by atoms with van der Waals surface area (Å²) >= 11 is 0. The summed E-state index contributed by atoms with van der Waals surface area (Å²) in [6, 6.07) is 0. The van der Waals surface area contributed by atoms with Gasteiger partial charge in [0, 0.05) is 0 Å². The summed E-state index contributed by atoms with van der Waals surface area (Å²) in [4.78, 5) is 26.5. The van der Waals surface area contributed by atoms with Crippen molar-refractivity contribution in [2.45, 2.75) is 157 Å². The van der Waals surface area contributed by atoms with Gasteiger partial charge in [0.2, 0.25) is 0 Å². The minimum atomic E-state index is -0.907. The van der Waals surface area contributed by atoms with Crippen LogP contribution in [0.4, 0.5) is 0 Å². The zero-order valence-corrected chi connectivity index (χ0v) is 24.6. The lowest BCUT2D eigenvalue weighted by atomic mass is 9.60. The second kappa shape index (κ2) is 19.1. The van der Waals surface area contributed by atoms with Crippen LogP contribution < -0.4 is 0 Å². The highest BCUT2D eigenvalue weighted by atomic mass is 16.5. The molecule has 4 nitrogen and oxygen atoms in total. The van der Waals surface area contributed by atoms with Gasteiger partial charge in [-0.1, -0.05) is 131 Å². The van der Waals surface area contributed by atoms with Crippen molar-refractivity contribution in [1.82, 2.24) is 0 Å². The van der Waals surface area contributed by atoms with Crippen molar-refractivity contribution < 1.29 is 19.4 Å². The number of hydrogen-bond donors (Lipinski definition) is 1. The molecule has 4 heteroatoms. The Labute approximate surface area is 223 Å². The van der Waals surface area contributed by atoms with Crippen LogP contribution in [0, 0.1) is 29.1 Å². The monoisotopic (exact) mass is 508 g/mol. The van der Waals surface area contributed by atoms with Crippen LogP contribution >= 0.6 is 0 Å². The molecule has 0 aromatic carbocycles. The highest BCUT2D eigenvalue weighted by Crippen LogP contribution is 2.48. The lowest BCUT2D eigenvalue weighted by Crippen LogP contribution is -2.48. The highest BCUT2D eigenvalue weighted by Gasteiger charge is 2.53. The molecule has 0 aliphatic heterocycles. The molecule has 2 unspecified atom stereocenters. The standard InChI is InChI=1S/C32H60O4/c1-6-7-8-9-10-11-12-13-14-15-16-20-23-32(24-26(2)3,31(35)36-25-27(4)5)29(30(33)34)28-21-18-17-19-22-28/h26-29H,6-25H2,1-5H3,(H,33,34). The third-order valence-electron chi connectivity index (χ3n) is 8.19. The number of carbonyl (C=O) groups is 2. The number of aliphatic carboxylic acids is 1. The molecule has 1 N–H and O–H groups in total. The molecule has 0 amide bonds. The smallest absolute Gasteiger partial charge is 0.312 e. The van der Waals surface area contributed by atoms with E-state index in [1.165, 1.54) is 70.6 Å². The van der Waals surface area contributed by atoms with Gasteiger partial charge in [-0.2, -0.15) is 0 Å². The first-order chi connectivity index (χ1) is 17.2. The molecule has 1 aliphatic carbocycles. The van der Waals surface area contributed by atoms with Crippen molar-refractivity contribution in [3.63, 3.8) is 0 Å². The molecule has 1 saturated carbocycles. The summed E-state index contributed by atoms with van der Waals surface area (Å²) in [5, 5.41) is 10.5. The number of carboxylic acid groups (broad SMARTS) is 1. The summed E-state index contributed by atoms with van der Waals surface area (Å²) < 4.78 is 5.85. The van der Waals surface area contributed by atoms with Gasteiger partial charge >= 0.3 is 11.9 Å². The highest BCUT2D eigenvalue weighted by molar-refractivity contribution is 5.85. The van der Waals surface area contributed by atoms with E-state index in [1.54, 1.807) is 0 Å². The molecule has 2 atom stereocenters. The summed E-state index contributed by atoms with van der Waals surface area (Å²) in [6.07, 6.45) is 21.6. The summed E-state index contributed by atoms with van der Waals surface area (Å²) in [5.41, 5.74) is -0.907. The van der Waals surface area contributed by atoms with Crippen molar-refractivity contribution in [3.8, 4) is 0 Å². The molecule has 0 aromatic heterocycles. The fraction of sp³-hybridized carbons (Fsp3) is 0.938. The van der Waals surface area contributed by atoms with E-state index in [4.69, 9.17) is 4.74 Å². The Kier molecular flexibility index (Phi) is 17.5. The molecular weight excluding hydrogens is 448 g/mol. The molecule has 0 heterocycles. The number of rotatable bonds is 21.